The Balaban J connectivity index is 2.56. The van der Waals surface area contributed by atoms with Gasteiger partial charge < -0.3 is 10.1 Å². The Hall–Kier alpha value is -2.44. The molecule has 1 amide bonds. The van der Waals surface area contributed by atoms with Gasteiger partial charge in [-0.05, 0) is 5.56 Å². The van der Waals surface area contributed by atoms with Crippen molar-refractivity contribution in [2.24, 2.45) is 0 Å². The van der Waals surface area contributed by atoms with E-state index in [0.29, 0.717) is 5.56 Å². The summed E-state index contributed by atoms with van der Waals surface area (Å²) in [6.45, 7) is 0.103. The number of non-ortho nitro benzene ring substituents is 1. The van der Waals surface area contributed by atoms with Crippen LogP contribution in [-0.4, -0.2) is 23.9 Å². The number of nitro benzene ring substituents is 1. The second kappa shape index (κ2) is 5.59. The number of amides is 1. The van der Waals surface area contributed by atoms with Crippen LogP contribution in [0.15, 0.2) is 24.3 Å². The molecule has 0 aromatic heterocycles. The van der Waals surface area contributed by atoms with Gasteiger partial charge in [-0.3, -0.25) is 14.9 Å². The number of benzene rings is 1. The maximum Gasteiger partial charge on any atom is 0.396 e. The number of rotatable bonds is 3. The second-order valence-corrected chi connectivity index (χ2v) is 3.10. The zero-order valence-electron chi connectivity index (χ0n) is 9.00. The van der Waals surface area contributed by atoms with Crippen LogP contribution in [0.25, 0.3) is 0 Å². The number of nitro groups is 1. The van der Waals surface area contributed by atoms with Gasteiger partial charge >= 0.3 is 11.9 Å². The zero-order valence-corrected chi connectivity index (χ0v) is 9.00. The molecule has 0 fully saturated rings. The normalized spacial score (nSPS) is 9.47. The highest BCUT2D eigenvalue weighted by Crippen LogP contribution is 2.11. The first-order chi connectivity index (χ1) is 8.04. The number of methoxy groups -OCH3 is 1. The van der Waals surface area contributed by atoms with Crippen LogP contribution in [0.1, 0.15) is 5.56 Å². The van der Waals surface area contributed by atoms with Crippen molar-refractivity contribution in [3.8, 4) is 0 Å². The van der Waals surface area contributed by atoms with Gasteiger partial charge in [-0.15, -0.1) is 0 Å². The van der Waals surface area contributed by atoms with Gasteiger partial charge in [-0.2, -0.15) is 0 Å². The van der Waals surface area contributed by atoms with Crippen LogP contribution in [0, 0.1) is 10.1 Å². The number of ether oxygens (including phenoxy) is 1. The predicted molar refractivity (Wildman–Crippen MR) is 57.0 cm³/mol. The van der Waals surface area contributed by atoms with Gasteiger partial charge in [0.1, 0.15) is 0 Å². The van der Waals surface area contributed by atoms with E-state index in [2.05, 4.69) is 10.1 Å². The van der Waals surface area contributed by atoms with Crippen molar-refractivity contribution in [1.29, 1.82) is 0 Å². The number of carbonyl (C=O) groups is 2. The molecule has 17 heavy (non-hydrogen) atoms. The fourth-order valence-corrected chi connectivity index (χ4v) is 1.08. The maximum atomic E-state index is 11.0. The minimum Gasteiger partial charge on any atom is -0.462 e. The Bertz CT molecular complexity index is 441. The van der Waals surface area contributed by atoms with Crippen molar-refractivity contribution in [2.45, 2.75) is 6.54 Å². The average Bonchev–Trinajstić information content (AvgIpc) is 2.35. The molecule has 0 saturated carbocycles. The topological polar surface area (TPSA) is 98.5 Å². The predicted octanol–water partition coefficient (Wildman–Crippen LogP) is 0.384. The van der Waals surface area contributed by atoms with Gasteiger partial charge in [0.15, 0.2) is 0 Å². The van der Waals surface area contributed by atoms with Crippen molar-refractivity contribution >= 4 is 17.6 Å². The summed E-state index contributed by atoms with van der Waals surface area (Å²) in [5.74, 6) is -1.84. The summed E-state index contributed by atoms with van der Waals surface area (Å²) in [4.78, 5) is 31.6. The molecule has 1 aromatic carbocycles. The molecule has 0 saturated heterocycles. The van der Waals surface area contributed by atoms with Crippen LogP contribution >= 0.6 is 0 Å². The molecule has 1 aromatic rings. The van der Waals surface area contributed by atoms with Crippen molar-refractivity contribution in [3.05, 3.63) is 39.9 Å². The summed E-state index contributed by atoms with van der Waals surface area (Å²) < 4.78 is 4.21. The van der Waals surface area contributed by atoms with E-state index < -0.39 is 16.8 Å². The lowest BCUT2D eigenvalue weighted by molar-refractivity contribution is -0.384. The molecule has 0 aliphatic rings. The molecule has 1 rings (SSSR count). The van der Waals surface area contributed by atoms with Gasteiger partial charge in [0.05, 0.1) is 12.0 Å². The fourth-order valence-electron chi connectivity index (χ4n) is 1.08. The lowest BCUT2D eigenvalue weighted by Crippen LogP contribution is -2.31. The van der Waals surface area contributed by atoms with E-state index in [9.17, 15) is 19.7 Å². The number of nitrogens with one attached hydrogen (secondary N) is 1. The van der Waals surface area contributed by atoms with Gasteiger partial charge in [0.25, 0.3) is 5.69 Å². The standard InChI is InChI=1S/C10H10N2O5/c1-17-10(14)9(13)11-6-7-2-4-8(5-3-7)12(15)16/h2-5H,6H2,1H3,(H,11,13). The number of nitrogens with zero attached hydrogens (tertiary/aromatic N) is 1. The molecule has 0 spiro atoms. The van der Waals surface area contributed by atoms with E-state index in [4.69, 9.17) is 0 Å². The zero-order chi connectivity index (χ0) is 12.8. The maximum absolute atomic E-state index is 11.0. The Morgan fingerprint density at radius 3 is 2.41 bits per heavy atom. The molecule has 1 N–H and O–H groups in total. The highest BCUT2D eigenvalue weighted by Gasteiger charge is 2.12. The lowest BCUT2D eigenvalue weighted by Gasteiger charge is -2.03. The number of carbonyl (C=O) groups excluding carboxylic acids is 2. The Kier molecular flexibility index (Phi) is 4.15. The molecule has 0 bridgehead atoms. The SMILES string of the molecule is COC(=O)C(=O)NCc1ccc([N+](=O)[O-])cc1. The Morgan fingerprint density at radius 1 is 1.35 bits per heavy atom. The molecule has 0 atom stereocenters. The molecule has 7 nitrogen and oxygen atoms in total. The number of hydrogen-bond donors (Lipinski definition) is 1. The quantitative estimate of drug-likeness (QED) is 0.355. The van der Waals surface area contributed by atoms with E-state index >= 15 is 0 Å². The average molecular weight is 238 g/mol. The van der Waals surface area contributed by atoms with Gasteiger partial charge in [-0.25, -0.2) is 4.79 Å². The first kappa shape index (κ1) is 12.6. The minimum atomic E-state index is -0.980. The summed E-state index contributed by atoms with van der Waals surface area (Å²) in [6.07, 6.45) is 0. The van der Waals surface area contributed by atoms with E-state index in [1.54, 1.807) is 0 Å². The molecular formula is C10H10N2O5. The van der Waals surface area contributed by atoms with Crippen molar-refractivity contribution < 1.29 is 19.2 Å². The summed E-state index contributed by atoms with van der Waals surface area (Å²) in [5, 5.41) is 12.7. The molecule has 7 heteroatoms. The van der Waals surface area contributed by atoms with Crippen LogP contribution < -0.4 is 5.32 Å². The monoisotopic (exact) mass is 238 g/mol. The molecule has 0 unspecified atom stereocenters. The minimum absolute atomic E-state index is 0.0342. The van der Waals surface area contributed by atoms with Gasteiger partial charge in [0.2, 0.25) is 0 Å². The molecule has 90 valence electrons. The molecule has 0 radical (unpaired) electrons. The smallest absolute Gasteiger partial charge is 0.396 e. The third kappa shape index (κ3) is 3.56. The van der Waals surface area contributed by atoms with E-state index in [1.807, 2.05) is 0 Å². The van der Waals surface area contributed by atoms with Crippen molar-refractivity contribution in [3.63, 3.8) is 0 Å². The first-order valence-electron chi connectivity index (χ1n) is 4.64. The summed E-state index contributed by atoms with van der Waals surface area (Å²) in [7, 11) is 1.10. The van der Waals surface area contributed by atoms with Crippen LogP contribution in [0.2, 0.25) is 0 Å². The van der Waals surface area contributed by atoms with E-state index in [0.717, 1.165) is 7.11 Å². The first-order valence-corrected chi connectivity index (χ1v) is 4.64. The van der Waals surface area contributed by atoms with Crippen LogP contribution in [0.3, 0.4) is 0 Å². The van der Waals surface area contributed by atoms with E-state index in [1.165, 1.54) is 24.3 Å². The molecule has 0 heterocycles. The molecular weight excluding hydrogens is 228 g/mol. The summed E-state index contributed by atoms with van der Waals surface area (Å²) >= 11 is 0. The molecule has 0 aliphatic heterocycles. The highest BCUT2D eigenvalue weighted by atomic mass is 16.6. The third-order valence-electron chi connectivity index (χ3n) is 1.97. The van der Waals surface area contributed by atoms with Gasteiger partial charge in [0, 0.05) is 18.7 Å². The summed E-state index contributed by atoms with van der Waals surface area (Å²) in [6, 6.07) is 5.63. The summed E-state index contributed by atoms with van der Waals surface area (Å²) in [5.41, 5.74) is 0.612. The van der Waals surface area contributed by atoms with Crippen LogP contribution in [-0.2, 0) is 20.9 Å². The van der Waals surface area contributed by atoms with Gasteiger partial charge in [-0.1, -0.05) is 12.1 Å². The van der Waals surface area contributed by atoms with Crippen molar-refractivity contribution in [2.75, 3.05) is 7.11 Å². The Labute approximate surface area is 96.5 Å². The third-order valence-corrected chi connectivity index (χ3v) is 1.97. The lowest BCUT2D eigenvalue weighted by atomic mass is 10.2. The van der Waals surface area contributed by atoms with E-state index in [-0.39, 0.29) is 12.2 Å². The van der Waals surface area contributed by atoms with Crippen LogP contribution in [0.5, 0.6) is 0 Å². The highest BCUT2D eigenvalue weighted by molar-refractivity contribution is 6.32. The second-order valence-electron chi connectivity index (χ2n) is 3.10. The Morgan fingerprint density at radius 2 is 1.94 bits per heavy atom. The van der Waals surface area contributed by atoms with Crippen LogP contribution in [0.4, 0.5) is 5.69 Å². The number of hydrogen-bond acceptors (Lipinski definition) is 5. The fraction of sp³-hybridized carbons (Fsp3) is 0.200. The number of esters is 1. The largest absolute Gasteiger partial charge is 0.462 e. The molecule has 0 aliphatic carbocycles. The van der Waals surface area contributed by atoms with Crippen molar-refractivity contribution in [1.82, 2.24) is 5.32 Å².